The van der Waals surface area contributed by atoms with E-state index in [0.29, 0.717) is 18.7 Å². The van der Waals surface area contributed by atoms with Gasteiger partial charge in [-0.25, -0.2) is 0 Å². The number of carbonyl (C=O) groups excluding carboxylic acids is 2. The average Bonchev–Trinajstić information content (AvgIpc) is 3.16. The van der Waals surface area contributed by atoms with E-state index in [4.69, 9.17) is 0 Å². The van der Waals surface area contributed by atoms with E-state index in [9.17, 15) is 9.59 Å². The molecule has 1 aromatic heterocycles. The number of hydrogen-bond acceptors (Lipinski definition) is 4. The zero-order valence-corrected chi connectivity index (χ0v) is 13.4. The molecule has 3 aromatic rings. The molecule has 2 aromatic carbocycles. The standard InChI is InChI=1S/C18H17N5O2/c24-17(14-7-3-1-4-8-14)19-11-12-20-18(25)16-13-21-23(22-16)15-9-5-2-6-10-15/h1-10,13H,11-12H2,(H,19,24)(H,20,25). The van der Waals surface area contributed by atoms with Crippen LogP contribution in [0, 0.1) is 0 Å². The lowest BCUT2D eigenvalue weighted by Gasteiger charge is -2.06. The Morgan fingerprint density at radius 1 is 0.840 bits per heavy atom. The normalized spacial score (nSPS) is 10.2. The van der Waals surface area contributed by atoms with Crippen LogP contribution in [0.3, 0.4) is 0 Å². The highest BCUT2D eigenvalue weighted by atomic mass is 16.2. The fourth-order valence-corrected chi connectivity index (χ4v) is 2.19. The van der Waals surface area contributed by atoms with Crippen LogP contribution in [0.5, 0.6) is 0 Å². The Hall–Kier alpha value is -3.48. The summed E-state index contributed by atoms with van der Waals surface area (Å²) in [6.07, 6.45) is 1.41. The molecule has 0 aliphatic rings. The molecule has 1 heterocycles. The molecule has 0 bridgehead atoms. The summed E-state index contributed by atoms with van der Waals surface area (Å²) in [5.41, 5.74) is 1.58. The lowest BCUT2D eigenvalue weighted by Crippen LogP contribution is -2.34. The van der Waals surface area contributed by atoms with E-state index in [2.05, 4.69) is 20.8 Å². The summed E-state index contributed by atoms with van der Waals surface area (Å²) < 4.78 is 0. The minimum Gasteiger partial charge on any atom is -0.350 e. The third-order valence-corrected chi connectivity index (χ3v) is 3.44. The van der Waals surface area contributed by atoms with Crippen LogP contribution in [-0.4, -0.2) is 39.9 Å². The molecule has 126 valence electrons. The Labute approximate surface area is 144 Å². The van der Waals surface area contributed by atoms with Crippen LogP contribution >= 0.6 is 0 Å². The van der Waals surface area contributed by atoms with Crippen molar-refractivity contribution in [3.63, 3.8) is 0 Å². The van der Waals surface area contributed by atoms with Crippen molar-refractivity contribution in [2.45, 2.75) is 0 Å². The molecule has 3 rings (SSSR count). The Morgan fingerprint density at radius 2 is 1.44 bits per heavy atom. The van der Waals surface area contributed by atoms with Crippen LogP contribution in [0.15, 0.2) is 66.9 Å². The second-order valence-corrected chi connectivity index (χ2v) is 5.23. The summed E-state index contributed by atoms with van der Waals surface area (Å²) in [6, 6.07) is 18.2. The Morgan fingerprint density at radius 3 is 2.12 bits per heavy atom. The molecule has 0 radical (unpaired) electrons. The first-order valence-electron chi connectivity index (χ1n) is 7.83. The molecule has 0 aliphatic heterocycles. The molecular formula is C18H17N5O2. The molecule has 7 heteroatoms. The van der Waals surface area contributed by atoms with Gasteiger partial charge >= 0.3 is 0 Å². The molecule has 0 aliphatic carbocycles. The fourth-order valence-electron chi connectivity index (χ4n) is 2.19. The second-order valence-electron chi connectivity index (χ2n) is 5.23. The first-order valence-corrected chi connectivity index (χ1v) is 7.83. The zero-order valence-electron chi connectivity index (χ0n) is 13.4. The van der Waals surface area contributed by atoms with Crippen molar-refractivity contribution in [2.75, 3.05) is 13.1 Å². The largest absolute Gasteiger partial charge is 0.350 e. The van der Waals surface area contributed by atoms with Crippen molar-refractivity contribution in [1.29, 1.82) is 0 Å². The second kappa shape index (κ2) is 7.87. The highest BCUT2D eigenvalue weighted by Gasteiger charge is 2.11. The van der Waals surface area contributed by atoms with Crippen LogP contribution in [0.2, 0.25) is 0 Å². The smallest absolute Gasteiger partial charge is 0.273 e. The number of benzene rings is 2. The maximum absolute atomic E-state index is 12.1. The molecular weight excluding hydrogens is 318 g/mol. The first kappa shape index (κ1) is 16.4. The summed E-state index contributed by atoms with van der Waals surface area (Å²) in [7, 11) is 0. The van der Waals surface area contributed by atoms with E-state index in [-0.39, 0.29) is 17.5 Å². The Balaban J connectivity index is 1.47. The van der Waals surface area contributed by atoms with Gasteiger partial charge in [-0.05, 0) is 24.3 Å². The number of rotatable bonds is 6. The van der Waals surface area contributed by atoms with Crippen molar-refractivity contribution in [3.8, 4) is 5.69 Å². The number of hydrogen-bond donors (Lipinski definition) is 2. The number of amides is 2. The highest BCUT2D eigenvalue weighted by molar-refractivity contribution is 5.94. The van der Waals surface area contributed by atoms with Gasteiger partial charge in [-0.1, -0.05) is 36.4 Å². The minimum absolute atomic E-state index is 0.176. The first-order chi connectivity index (χ1) is 12.2. The van der Waals surface area contributed by atoms with Crippen LogP contribution in [0.4, 0.5) is 0 Å². The SMILES string of the molecule is O=C(NCCNC(=O)c1cnn(-c2ccccc2)n1)c1ccccc1. The van der Waals surface area contributed by atoms with Gasteiger partial charge in [0, 0.05) is 18.7 Å². The van der Waals surface area contributed by atoms with Crippen molar-refractivity contribution in [3.05, 3.63) is 78.1 Å². The molecule has 0 saturated heterocycles. The molecule has 0 unspecified atom stereocenters. The van der Waals surface area contributed by atoms with E-state index in [1.165, 1.54) is 11.0 Å². The lowest BCUT2D eigenvalue weighted by atomic mass is 10.2. The molecule has 0 atom stereocenters. The number of nitrogens with zero attached hydrogens (tertiary/aromatic N) is 3. The summed E-state index contributed by atoms with van der Waals surface area (Å²) >= 11 is 0. The summed E-state index contributed by atoms with van der Waals surface area (Å²) in [5.74, 6) is -0.513. The number of aromatic nitrogens is 3. The van der Waals surface area contributed by atoms with Crippen LogP contribution in [-0.2, 0) is 0 Å². The van der Waals surface area contributed by atoms with E-state index >= 15 is 0 Å². The molecule has 7 nitrogen and oxygen atoms in total. The molecule has 25 heavy (non-hydrogen) atoms. The molecule has 0 fully saturated rings. The van der Waals surface area contributed by atoms with Crippen LogP contribution in [0.1, 0.15) is 20.8 Å². The van der Waals surface area contributed by atoms with Gasteiger partial charge in [-0.2, -0.15) is 9.90 Å². The predicted octanol–water partition coefficient (Wildman–Crippen LogP) is 1.43. The van der Waals surface area contributed by atoms with Gasteiger partial charge in [0.2, 0.25) is 0 Å². The topological polar surface area (TPSA) is 88.9 Å². The Bertz CT molecular complexity index is 846. The van der Waals surface area contributed by atoms with Gasteiger partial charge in [-0.15, -0.1) is 5.10 Å². The monoisotopic (exact) mass is 335 g/mol. The maximum atomic E-state index is 12.1. The van der Waals surface area contributed by atoms with Gasteiger partial charge < -0.3 is 10.6 Å². The van der Waals surface area contributed by atoms with E-state index in [1.54, 1.807) is 24.3 Å². The van der Waals surface area contributed by atoms with Crippen molar-refractivity contribution >= 4 is 11.8 Å². The van der Waals surface area contributed by atoms with Gasteiger partial charge in [0.1, 0.15) is 0 Å². The van der Waals surface area contributed by atoms with Gasteiger partial charge in [0.25, 0.3) is 11.8 Å². The van der Waals surface area contributed by atoms with Crippen LogP contribution in [0.25, 0.3) is 5.69 Å². The predicted molar refractivity (Wildman–Crippen MR) is 92.5 cm³/mol. The number of nitrogens with one attached hydrogen (secondary N) is 2. The number of para-hydroxylation sites is 1. The number of carbonyl (C=O) groups is 2. The highest BCUT2D eigenvalue weighted by Crippen LogP contribution is 2.04. The average molecular weight is 335 g/mol. The molecule has 0 saturated carbocycles. The lowest BCUT2D eigenvalue weighted by molar-refractivity contribution is 0.0925. The Kier molecular flexibility index (Phi) is 5.16. The van der Waals surface area contributed by atoms with E-state index in [0.717, 1.165) is 5.69 Å². The van der Waals surface area contributed by atoms with E-state index in [1.807, 2.05) is 36.4 Å². The molecule has 0 spiro atoms. The van der Waals surface area contributed by atoms with Crippen molar-refractivity contribution in [2.24, 2.45) is 0 Å². The van der Waals surface area contributed by atoms with Crippen LogP contribution < -0.4 is 10.6 Å². The van der Waals surface area contributed by atoms with Gasteiger partial charge in [0.15, 0.2) is 5.69 Å². The van der Waals surface area contributed by atoms with Crippen molar-refractivity contribution in [1.82, 2.24) is 25.6 Å². The zero-order chi connectivity index (χ0) is 17.5. The summed E-state index contributed by atoms with van der Waals surface area (Å²) in [5, 5.41) is 13.7. The third-order valence-electron chi connectivity index (χ3n) is 3.44. The summed E-state index contributed by atoms with van der Waals surface area (Å²) in [6.45, 7) is 0.627. The van der Waals surface area contributed by atoms with E-state index < -0.39 is 0 Å². The molecule has 2 amide bonds. The van der Waals surface area contributed by atoms with Gasteiger partial charge in [0.05, 0.1) is 11.9 Å². The minimum atomic E-state index is -0.337. The summed E-state index contributed by atoms with van der Waals surface area (Å²) in [4.78, 5) is 25.3. The van der Waals surface area contributed by atoms with Crippen molar-refractivity contribution < 1.29 is 9.59 Å². The molecule has 2 N–H and O–H groups in total. The van der Waals surface area contributed by atoms with Gasteiger partial charge in [-0.3, -0.25) is 9.59 Å². The fraction of sp³-hybridized carbons (Fsp3) is 0.111. The maximum Gasteiger partial charge on any atom is 0.273 e. The third kappa shape index (κ3) is 4.29. The quantitative estimate of drug-likeness (QED) is 0.667.